The standard InChI is InChI=1S/C15H36N4/c1-7-15(9-13-18(4)5)16-10-14-19(6)12-8-11-17(2)3/h15-16H,7-14H2,1-6H3. The number of rotatable bonds is 12. The van der Waals surface area contributed by atoms with E-state index in [1.807, 2.05) is 0 Å². The smallest absolute Gasteiger partial charge is 0.0104 e. The molecule has 0 spiro atoms. The SMILES string of the molecule is CCC(CCN(C)C)NCCN(C)CCCN(C)C. The van der Waals surface area contributed by atoms with Crippen LogP contribution in [0.3, 0.4) is 0 Å². The quantitative estimate of drug-likeness (QED) is 0.576. The van der Waals surface area contributed by atoms with Crippen LogP contribution in [0.1, 0.15) is 26.2 Å². The third kappa shape index (κ3) is 12.6. The van der Waals surface area contributed by atoms with Gasteiger partial charge in [-0.25, -0.2) is 0 Å². The van der Waals surface area contributed by atoms with Crippen LogP contribution < -0.4 is 5.32 Å². The highest BCUT2D eigenvalue weighted by Gasteiger charge is 2.06. The van der Waals surface area contributed by atoms with E-state index in [9.17, 15) is 0 Å². The summed E-state index contributed by atoms with van der Waals surface area (Å²) < 4.78 is 0. The van der Waals surface area contributed by atoms with Gasteiger partial charge in [-0.15, -0.1) is 0 Å². The molecule has 0 radical (unpaired) electrons. The fraction of sp³-hybridized carbons (Fsp3) is 1.00. The van der Waals surface area contributed by atoms with Crippen LogP contribution in [0.25, 0.3) is 0 Å². The van der Waals surface area contributed by atoms with E-state index in [4.69, 9.17) is 0 Å². The number of nitrogens with one attached hydrogen (secondary N) is 1. The van der Waals surface area contributed by atoms with Gasteiger partial charge in [0.05, 0.1) is 0 Å². The number of nitrogens with zero attached hydrogens (tertiary/aromatic N) is 3. The zero-order valence-electron chi connectivity index (χ0n) is 14.1. The second-order valence-corrected chi connectivity index (χ2v) is 6.11. The molecule has 4 heteroatoms. The van der Waals surface area contributed by atoms with Crippen molar-refractivity contribution >= 4 is 0 Å². The van der Waals surface area contributed by atoms with Crippen molar-refractivity contribution in [3.63, 3.8) is 0 Å². The van der Waals surface area contributed by atoms with Crippen molar-refractivity contribution in [1.82, 2.24) is 20.0 Å². The minimum absolute atomic E-state index is 0.664. The van der Waals surface area contributed by atoms with E-state index in [0.29, 0.717) is 6.04 Å². The molecule has 0 aromatic rings. The van der Waals surface area contributed by atoms with Crippen LogP contribution in [0.15, 0.2) is 0 Å². The van der Waals surface area contributed by atoms with E-state index in [-0.39, 0.29) is 0 Å². The molecule has 1 N–H and O–H groups in total. The third-order valence-electron chi connectivity index (χ3n) is 3.49. The molecule has 0 amide bonds. The minimum atomic E-state index is 0.664. The molecule has 116 valence electrons. The van der Waals surface area contributed by atoms with Gasteiger partial charge in [0.15, 0.2) is 0 Å². The molecular formula is C15H36N4. The van der Waals surface area contributed by atoms with Gasteiger partial charge in [-0.2, -0.15) is 0 Å². The highest BCUT2D eigenvalue weighted by Crippen LogP contribution is 1.98. The Morgan fingerprint density at radius 1 is 0.842 bits per heavy atom. The zero-order valence-corrected chi connectivity index (χ0v) is 14.1. The highest BCUT2D eigenvalue weighted by molar-refractivity contribution is 4.67. The summed E-state index contributed by atoms with van der Waals surface area (Å²) in [5.74, 6) is 0. The summed E-state index contributed by atoms with van der Waals surface area (Å²) in [5, 5.41) is 3.68. The number of hydrogen-bond acceptors (Lipinski definition) is 4. The summed E-state index contributed by atoms with van der Waals surface area (Å²) in [4.78, 5) is 6.94. The molecule has 0 saturated heterocycles. The highest BCUT2D eigenvalue weighted by atomic mass is 15.1. The zero-order chi connectivity index (χ0) is 14.7. The lowest BCUT2D eigenvalue weighted by atomic mass is 10.1. The molecule has 0 bridgehead atoms. The molecule has 0 aromatic carbocycles. The maximum absolute atomic E-state index is 3.68. The van der Waals surface area contributed by atoms with Gasteiger partial charge in [0.25, 0.3) is 0 Å². The van der Waals surface area contributed by atoms with Gasteiger partial charge in [-0.1, -0.05) is 6.92 Å². The summed E-state index contributed by atoms with van der Waals surface area (Å²) in [6, 6.07) is 0.664. The van der Waals surface area contributed by atoms with Crippen molar-refractivity contribution < 1.29 is 0 Å². The van der Waals surface area contributed by atoms with Crippen molar-refractivity contribution in [3.05, 3.63) is 0 Å². The lowest BCUT2D eigenvalue weighted by molar-refractivity contribution is 0.288. The van der Waals surface area contributed by atoms with Crippen molar-refractivity contribution in [1.29, 1.82) is 0 Å². The Morgan fingerprint density at radius 2 is 1.47 bits per heavy atom. The first-order chi connectivity index (χ1) is 8.95. The molecule has 0 fully saturated rings. The van der Waals surface area contributed by atoms with Crippen LogP contribution in [-0.2, 0) is 0 Å². The van der Waals surface area contributed by atoms with E-state index in [0.717, 1.165) is 13.1 Å². The topological polar surface area (TPSA) is 21.8 Å². The summed E-state index contributed by atoms with van der Waals surface area (Å²) in [6.45, 7) is 8.06. The first-order valence-corrected chi connectivity index (χ1v) is 7.67. The van der Waals surface area contributed by atoms with Gasteiger partial charge in [0.2, 0.25) is 0 Å². The van der Waals surface area contributed by atoms with Crippen LogP contribution in [0.2, 0.25) is 0 Å². The Labute approximate surface area is 121 Å². The molecule has 19 heavy (non-hydrogen) atoms. The van der Waals surface area contributed by atoms with Crippen LogP contribution in [0, 0.1) is 0 Å². The largest absolute Gasteiger partial charge is 0.313 e. The number of likely N-dealkylation sites (N-methyl/N-ethyl adjacent to an activating group) is 1. The molecule has 0 heterocycles. The molecule has 1 atom stereocenters. The average molecular weight is 272 g/mol. The van der Waals surface area contributed by atoms with Crippen molar-refractivity contribution in [2.75, 3.05) is 68.0 Å². The van der Waals surface area contributed by atoms with E-state index < -0.39 is 0 Å². The monoisotopic (exact) mass is 272 g/mol. The predicted molar refractivity (Wildman–Crippen MR) is 85.9 cm³/mol. The molecule has 0 aliphatic carbocycles. The Kier molecular flexibility index (Phi) is 11.6. The fourth-order valence-corrected chi connectivity index (χ4v) is 2.09. The Morgan fingerprint density at radius 3 is 2.00 bits per heavy atom. The molecule has 0 aliphatic rings. The molecule has 0 aliphatic heterocycles. The lowest BCUT2D eigenvalue weighted by Gasteiger charge is -2.22. The van der Waals surface area contributed by atoms with Gasteiger partial charge in [-0.05, 0) is 74.1 Å². The minimum Gasteiger partial charge on any atom is -0.313 e. The maximum Gasteiger partial charge on any atom is 0.0104 e. The average Bonchev–Trinajstić information content (AvgIpc) is 2.32. The second-order valence-electron chi connectivity index (χ2n) is 6.11. The summed E-state index contributed by atoms with van der Waals surface area (Å²) in [5.41, 5.74) is 0. The fourth-order valence-electron chi connectivity index (χ4n) is 2.09. The molecule has 4 nitrogen and oxygen atoms in total. The summed E-state index contributed by atoms with van der Waals surface area (Å²) in [7, 11) is 10.8. The lowest BCUT2D eigenvalue weighted by Crippen LogP contribution is -2.37. The van der Waals surface area contributed by atoms with Gasteiger partial charge < -0.3 is 20.0 Å². The second kappa shape index (κ2) is 11.6. The van der Waals surface area contributed by atoms with Crippen LogP contribution in [0.5, 0.6) is 0 Å². The first kappa shape index (κ1) is 18.8. The van der Waals surface area contributed by atoms with Crippen LogP contribution in [-0.4, -0.2) is 88.7 Å². The summed E-state index contributed by atoms with van der Waals surface area (Å²) >= 11 is 0. The Balaban J connectivity index is 3.57. The van der Waals surface area contributed by atoms with Crippen molar-refractivity contribution in [2.24, 2.45) is 0 Å². The normalized spacial score (nSPS) is 13.7. The van der Waals surface area contributed by atoms with E-state index in [1.165, 1.54) is 38.9 Å². The molecule has 0 saturated carbocycles. The molecule has 0 rings (SSSR count). The summed E-state index contributed by atoms with van der Waals surface area (Å²) in [6.07, 6.45) is 3.72. The van der Waals surface area contributed by atoms with E-state index in [2.05, 4.69) is 62.2 Å². The molecular weight excluding hydrogens is 236 g/mol. The van der Waals surface area contributed by atoms with E-state index in [1.54, 1.807) is 0 Å². The molecule has 0 aromatic heterocycles. The Bertz CT molecular complexity index is 195. The van der Waals surface area contributed by atoms with Gasteiger partial charge in [0.1, 0.15) is 0 Å². The Hall–Kier alpha value is -0.160. The number of hydrogen-bond donors (Lipinski definition) is 1. The van der Waals surface area contributed by atoms with Crippen LogP contribution >= 0.6 is 0 Å². The van der Waals surface area contributed by atoms with Crippen molar-refractivity contribution in [2.45, 2.75) is 32.2 Å². The third-order valence-corrected chi connectivity index (χ3v) is 3.49. The van der Waals surface area contributed by atoms with Gasteiger partial charge >= 0.3 is 0 Å². The molecule has 1 unspecified atom stereocenters. The maximum atomic E-state index is 3.68. The van der Waals surface area contributed by atoms with Crippen LogP contribution in [0.4, 0.5) is 0 Å². The van der Waals surface area contributed by atoms with Gasteiger partial charge in [0, 0.05) is 19.1 Å². The van der Waals surface area contributed by atoms with Crippen molar-refractivity contribution in [3.8, 4) is 0 Å². The van der Waals surface area contributed by atoms with Gasteiger partial charge in [-0.3, -0.25) is 0 Å². The van der Waals surface area contributed by atoms with E-state index >= 15 is 0 Å². The first-order valence-electron chi connectivity index (χ1n) is 7.67. The predicted octanol–water partition coefficient (Wildman–Crippen LogP) is 1.19.